The first-order valence-electron chi connectivity index (χ1n) is 6.53. The third-order valence-electron chi connectivity index (χ3n) is 3.91. The van der Waals surface area contributed by atoms with Gasteiger partial charge in [0, 0.05) is 31.8 Å². The summed E-state index contributed by atoms with van der Waals surface area (Å²) >= 11 is 0. The van der Waals surface area contributed by atoms with Gasteiger partial charge in [-0.05, 0) is 26.7 Å². The van der Waals surface area contributed by atoms with E-state index in [1.54, 1.807) is 7.11 Å². The highest BCUT2D eigenvalue weighted by Crippen LogP contribution is 2.30. The van der Waals surface area contributed by atoms with E-state index in [0.29, 0.717) is 32.0 Å². The molecule has 0 bridgehead atoms. The molecule has 0 spiro atoms. The van der Waals surface area contributed by atoms with Gasteiger partial charge in [-0.15, -0.1) is 0 Å². The van der Waals surface area contributed by atoms with E-state index in [1.165, 1.54) is 0 Å². The minimum Gasteiger partial charge on any atom is -0.383 e. The Morgan fingerprint density at radius 3 is 2.28 bits per heavy atom. The van der Waals surface area contributed by atoms with Crippen LogP contribution in [0.25, 0.3) is 0 Å². The molecule has 1 saturated heterocycles. The van der Waals surface area contributed by atoms with Gasteiger partial charge in [0.2, 0.25) is 0 Å². The average molecular weight is 278 g/mol. The number of methoxy groups -OCH3 is 1. The van der Waals surface area contributed by atoms with Crippen LogP contribution in [-0.2, 0) is 14.6 Å². The number of hydrogen-bond donors (Lipinski definition) is 1. The van der Waals surface area contributed by atoms with Crippen LogP contribution in [0.3, 0.4) is 0 Å². The van der Waals surface area contributed by atoms with Crippen molar-refractivity contribution in [3.05, 3.63) is 0 Å². The quantitative estimate of drug-likeness (QED) is 0.754. The molecule has 1 aliphatic heterocycles. The van der Waals surface area contributed by atoms with Crippen LogP contribution in [0.15, 0.2) is 0 Å². The van der Waals surface area contributed by atoms with E-state index in [9.17, 15) is 8.42 Å². The zero-order chi connectivity index (χ0) is 13.8. The Labute approximate surface area is 111 Å². The molecule has 1 rings (SSSR count). The number of hydrogen-bond acceptors (Lipinski definition) is 5. The van der Waals surface area contributed by atoms with Gasteiger partial charge < -0.3 is 10.5 Å². The topological polar surface area (TPSA) is 72.6 Å². The highest BCUT2D eigenvalue weighted by Gasteiger charge is 2.41. The molecule has 1 heterocycles. The summed E-state index contributed by atoms with van der Waals surface area (Å²) < 4.78 is 28.3. The van der Waals surface area contributed by atoms with Gasteiger partial charge in [-0.3, -0.25) is 4.90 Å². The summed E-state index contributed by atoms with van der Waals surface area (Å²) in [6.07, 6.45) is 1.27. The summed E-state index contributed by atoms with van der Waals surface area (Å²) in [5, 5.41) is 0. The van der Waals surface area contributed by atoms with Crippen LogP contribution >= 0.6 is 0 Å². The maximum Gasteiger partial charge on any atom is 0.150 e. The minimum absolute atomic E-state index is 0.183. The van der Waals surface area contributed by atoms with E-state index in [1.807, 2.05) is 0 Å². The maximum atomic E-state index is 11.6. The lowest BCUT2D eigenvalue weighted by atomic mass is 9.88. The molecule has 0 atom stereocenters. The molecule has 0 aromatic carbocycles. The van der Waals surface area contributed by atoms with Crippen molar-refractivity contribution in [1.82, 2.24) is 4.90 Å². The number of ether oxygens (including phenoxy) is 1. The molecular formula is C12H26N2O3S. The largest absolute Gasteiger partial charge is 0.383 e. The van der Waals surface area contributed by atoms with Crippen LogP contribution in [-0.4, -0.2) is 63.2 Å². The summed E-state index contributed by atoms with van der Waals surface area (Å²) in [4.78, 5) is 2.31. The molecule has 0 saturated carbocycles. The zero-order valence-electron chi connectivity index (χ0n) is 11.7. The smallest absolute Gasteiger partial charge is 0.150 e. The van der Waals surface area contributed by atoms with Crippen LogP contribution in [0.2, 0.25) is 0 Å². The van der Waals surface area contributed by atoms with E-state index in [-0.39, 0.29) is 17.0 Å². The number of rotatable bonds is 6. The second-order valence-electron chi connectivity index (χ2n) is 5.36. The fraction of sp³-hybridized carbons (Fsp3) is 1.00. The second kappa shape index (κ2) is 6.32. The molecule has 0 aliphatic carbocycles. The van der Waals surface area contributed by atoms with Crippen molar-refractivity contribution in [3.8, 4) is 0 Å². The summed E-state index contributed by atoms with van der Waals surface area (Å²) in [6, 6.07) is 0.338. The number of nitrogens with two attached hydrogens (primary N) is 1. The molecule has 5 nitrogen and oxygen atoms in total. The first-order valence-corrected chi connectivity index (χ1v) is 8.35. The van der Waals surface area contributed by atoms with Crippen LogP contribution < -0.4 is 5.73 Å². The van der Waals surface area contributed by atoms with Crippen molar-refractivity contribution in [2.45, 2.75) is 38.3 Å². The first-order chi connectivity index (χ1) is 8.37. The molecule has 1 fully saturated rings. The summed E-state index contributed by atoms with van der Waals surface area (Å²) in [6.45, 7) is 6.19. The third-order valence-corrected chi connectivity index (χ3v) is 5.56. The Kier molecular flexibility index (Phi) is 5.58. The number of nitrogens with zero attached hydrogens (tertiary/aromatic N) is 1. The van der Waals surface area contributed by atoms with Gasteiger partial charge in [0.15, 0.2) is 0 Å². The van der Waals surface area contributed by atoms with Crippen LogP contribution in [0.4, 0.5) is 0 Å². The second-order valence-corrected chi connectivity index (χ2v) is 7.66. The fourth-order valence-corrected chi connectivity index (χ4v) is 4.35. The van der Waals surface area contributed by atoms with Crippen LogP contribution in [0.1, 0.15) is 26.7 Å². The predicted octanol–water partition coefficient (Wildman–Crippen LogP) is 0.249. The molecule has 18 heavy (non-hydrogen) atoms. The zero-order valence-corrected chi connectivity index (χ0v) is 12.5. The van der Waals surface area contributed by atoms with E-state index >= 15 is 0 Å². The van der Waals surface area contributed by atoms with E-state index in [4.69, 9.17) is 10.5 Å². The van der Waals surface area contributed by atoms with Crippen molar-refractivity contribution in [2.75, 3.05) is 38.3 Å². The SMILES string of the molecule is COCCN(C(C)C)C1(CN)CCS(=O)(=O)CC1. The van der Waals surface area contributed by atoms with Crippen molar-refractivity contribution in [1.29, 1.82) is 0 Å². The van der Waals surface area contributed by atoms with Crippen molar-refractivity contribution >= 4 is 9.84 Å². The Morgan fingerprint density at radius 2 is 1.89 bits per heavy atom. The van der Waals surface area contributed by atoms with E-state index in [2.05, 4.69) is 18.7 Å². The molecule has 1 aliphatic rings. The van der Waals surface area contributed by atoms with Gasteiger partial charge in [0.25, 0.3) is 0 Å². The molecule has 0 aromatic heterocycles. The summed E-state index contributed by atoms with van der Waals surface area (Å²) in [7, 11) is -1.18. The van der Waals surface area contributed by atoms with Gasteiger partial charge >= 0.3 is 0 Å². The normalized spacial score (nSPS) is 22.6. The van der Waals surface area contributed by atoms with Gasteiger partial charge in [-0.1, -0.05) is 0 Å². The predicted molar refractivity (Wildman–Crippen MR) is 73.4 cm³/mol. The first kappa shape index (κ1) is 15.9. The minimum atomic E-state index is -2.86. The Balaban J connectivity index is 2.84. The van der Waals surface area contributed by atoms with Gasteiger partial charge in [-0.2, -0.15) is 0 Å². The lowest BCUT2D eigenvalue weighted by Crippen LogP contribution is -2.60. The Bertz CT molecular complexity index is 340. The van der Waals surface area contributed by atoms with Crippen molar-refractivity contribution in [3.63, 3.8) is 0 Å². The number of sulfone groups is 1. The highest BCUT2D eigenvalue weighted by atomic mass is 32.2. The third kappa shape index (κ3) is 3.66. The van der Waals surface area contributed by atoms with Gasteiger partial charge in [-0.25, -0.2) is 8.42 Å². The average Bonchev–Trinajstić information content (AvgIpc) is 2.31. The van der Waals surface area contributed by atoms with Crippen molar-refractivity contribution in [2.24, 2.45) is 5.73 Å². The molecule has 6 heteroatoms. The monoisotopic (exact) mass is 278 g/mol. The maximum absolute atomic E-state index is 11.6. The lowest BCUT2D eigenvalue weighted by molar-refractivity contribution is 0.0274. The molecule has 2 N–H and O–H groups in total. The van der Waals surface area contributed by atoms with Gasteiger partial charge in [0.1, 0.15) is 9.84 Å². The lowest BCUT2D eigenvalue weighted by Gasteiger charge is -2.47. The molecular weight excluding hydrogens is 252 g/mol. The van der Waals surface area contributed by atoms with Crippen LogP contribution in [0, 0.1) is 0 Å². The molecule has 108 valence electrons. The molecule has 0 amide bonds. The molecule has 0 aromatic rings. The Hall–Kier alpha value is -0.170. The fourth-order valence-electron chi connectivity index (χ4n) is 2.76. The van der Waals surface area contributed by atoms with Crippen molar-refractivity contribution < 1.29 is 13.2 Å². The molecule has 0 radical (unpaired) electrons. The molecule has 0 unspecified atom stereocenters. The Morgan fingerprint density at radius 1 is 1.33 bits per heavy atom. The summed E-state index contributed by atoms with van der Waals surface area (Å²) in [5.74, 6) is 0.501. The standard InChI is InChI=1S/C12H26N2O3S/c1-11(2)14(6-7-17-3)12(10-13)4-8-18(15,16)9-5-12/h11H,4-10,13H2,1-3H3. The highest BCUT2D eigenvalue weighted by molar-refractivity contribution is 7.91. The summed E-state index contributed by atoms with van der Waals surface area (Å²) in [5.41, 5.74) is 5.78. The van der Waals surface area contributed by atoms with E-state index in [0.717, 1.165) is 6.54 Å². The van der Waals surface area contributed by atoms with Gasteiger partial charge in [0.05, 0.1) is 18.1 Å². The van der Waals surface area contributed by atoms with E-state index < -0.39 is 9.84 Å². The van der Waals surface area contributed by atoms with Crippen LogP contribution in [0.5, 0.6) is 0 Å².